The van der Waals surface area contributed by atoms with Crippen LogP contribution in [0.3, 0.4) is 0 Å². The highest BCUT2D eigenvalue weighted by atomic mass is 79.9. The van der Waals surface area contributed by atoms with Gasteiger partial charge in [0.1, 0.15) is 12.6 Å². The summed E-state index contributed by atoms with van der Waals surface area (Å²) in [4.78, 5) is 28.4. The van der Waals surface area contributed by atoms with E-state index in [4.69, 9.17) is 0 Å². The molecule has 9 heteroatoms. The summed E-state index contributed by atoms with van der Waals surface area (Å²) in [5, 5.41) is 3.11. The molecule has 1 atom stereocenters. The Labute approximate surface area is 223 Å². The molecule has 0 aliphatic heterocycles. The topological polar surface area (TPSA) is 86.8 Å². The molecule has 1 aliphatic carbocycles. The number of aryl methyl sites for hydroxylation is 1. The molecule has 2 aromatic carbocycles. The van der Waals surface area contributed by atoms with Gasteiger partial charge in [0.2, 0.25) is 21.8 Å². The average molecular weight is 579 g/mol. The summed E-state index contributed by atoms with van der Waals surface area (Å²) in [6, 6.07) is 12.3. The lowest BCUT2D eigenvalue weighted by molar-refractivity contribution is -0.139. The van der Waals surface area contributed by atoms with Gasteiger partial charge in [-0.2, -0.15) is 0 Å². The second-order valence-corrected chi connectivity index (χ2v) is 12.5. The highest BCUT2D eigenvalue weighted by Crippen LogP contribution is 2.26. The van der Waals surface area contributed by atoms with Gasteiger partial charge in [-0.3, -0.25) is 13.9 Å². The van der Waals surface area contributed by atoms with E-state index in [-0.39, 0.29) is 25.0 Å². The van der Waals surface area contributed by atoms with Gasteiger partial charge in [0.25, 0.3) is 0 Å². The number of nitrogens with zero attached hydrogens (tertiary/aromatic N) is 2. The largest absolute Gasteiger partial charge is 0.352 e. The second kappa shape index (κ2) is 12.2. The standard InChI is InChI=1S/C27H36BrN3O4S/c1-19-9-8-12-25(20(19)2)31(36(4,34)35)18-26(32)30(17-22-13-15-23(28)16-14-22)21(3)27(33)29-24-10-6-5-7-11-24/h8-9,12-16,21,24H,5-7,10-11,17-18H2,1-4H3,(H,29,33)/t21-/m1/s1. The van der Waals surface area contributed by atoms with Crippen LogP contribution in [0.15, 0.2) is 46.9 Å². The molecular formula is C27H36BrN3O4S. The van der Waals surface area contributed by atoms with E-state index < -0.39 is 22.0 Å². The smallest absolute Gasteiger partial charge is 0.244 e. The number of carbonyl (C=O) groups excluding carboxylic acids is 2. The second-order valence-electron chi connectivity index (χ2n) is 9.66. The Morgan fingerprint density at radius 1 is 1.06 bits per heavy atom. The van der Waals surface area contributed by atoms with Gasteiger partial charge in [-0.1, -0.05) is 59.5 Å². The number of carbonyl (C=O) groups is 2. The maximum Gasteiger partial charge on any atom is 0.244 e. The first kappa shape index (κ1) is 28.2. The quantitative estimate of drug-likeness (QED) is 0.468. The molecule has 0 aromatic heterocycles. The van der Waals surface area contributed by atoms with Gasteiger partial charge >= 0.3 is 0 Å². The lowest BCUT2D eigenvalue weighted by Gasteiger charge is -2.33. The Morgan fingerprint density at radius 3 is 2.31 bits per heavy atom. The van der Waals surface area contributed by atoms with Gasteiger partial charge in [-0.15, -0.1) is 0 Å². The average Bonchev–Trinajstić information content (AvgIpc) is 2.83. The molecular weight excluding hydrogens is 542 g/mol. The molecule has 1 fully saturated rings. The van der Waals surface area contributed by atoms with Crippen LogP contribution in [0.4, 0.5) is 5.69 Å². The Morgan fingerprint density at radius 2 is 1.69 bits per heavy atom. The van der Waals surface area contributed by atoms with Crippen LogP contribution in [0.1, 0.15) is 55.7 Å². The van der Waals surface area contributed by atoms with E-state index in [0.29, 0.717) is 5.69 Å². The third-order valence-corrected chi connectivity index (χ3v) is 8.56. The monoisotopic (exact) mass is 577 g/mol. The molecule has 196 valence electrons. The predicted octanol–water partition coefficient (Wildman–Crippen LogP) is 4.70. The van der Waals surface area contributed by atoms with Gasteiger partial charge in [-0.25, -0.2) is 8.42 Å². The first-order valence-electron chi connectivity index (χ1n) is 12.4. The van der Waals surface area contributed by atoms with Crippen LogP contribution in [0.25, 0.3) is 0 Å². The number of amides is 2. The molecule has 0 bridgehead atoms. The summed E-state index contributed by atoms with van der Waals surface area (Å²) in [5.74, 6) is -0.652. The Kier molecular flexibility index (Phi) is 9.58. The minimum absolute atomic E-state index is 0.112. The first-order chi connectivity index (χ1) is 17.0. The van der Waals surface area contributed by atoms with Crippen molar-refractivity contribution in [2.75, 3.05) is 17.1 Å². The van der Waals surface area contributed by atoms with Crippen molar-refractivity contribution in [3.8, 4) is 0 Å². The van der Waals surface area contributed by atoms with Crippen LogP contribution in [0.2, 0.25) is 0 Å². The highest BCUT2D eigenvalue weighted by Gasteiger charge is 2.31. The fourth-order valence-corrected chi connectivity index (χ4v) is 5.70. The van der Waals surface area contributed by atoms with Crippen molar-refractivity contribution in [2.24, 2.45) is 0 Å². The molecule has 3 rings (SSSR count). The summed E-state index contributed by atoms with van der Waals surface area (Å²) in [6.45, 7) is 5.25. The summed E-state index contributed by atoms with van der Waals surface area (Å²) in [7, 11) is -3.75. The summed E-state index contributed by atoms with van der Waals surface area (Å²) < 4.78 is 27.6. The fraction of sp³-hybridized carbons (Fsp3) is 0.481. The van der Waals surface area contributed by atoms with Crippen LogP contribution in [-0.4, -0.2) is 50.0 Å². The predicted molar refractivity (Wildman–Crippen MR) is 147 cm³/mol. The minimum Gasteiger partial charge on any atom is -0.352 e. The number of hydrogen-bond acceptors (Lipinski definition) is 4. The van der Waals surface area contributed by atoms with Crippen molar-refractivity contribution >= 4 is 43.5 Å². The molecule has 0 heterocycles. The summed E-state index contributed by atoms with van der Waals surface area (Å²) >= 11 is 3.42. The maximum absolute atomic E-state index is 13.7. The lowest BCUT2D eigenvalue weighted by atomic mass is 9.95. The van der Waals surface area contributed by atoms with E-state index in [1.807, 2.05) is 44.2 Å². The molecule has 0 radical (unpaired) electrons. The molecule has 36 heavy (non-hydrogen) atoms. The molecule has 0 unspecified atom stereocenters. The van der Waals surface area contributed by atoms with Crippen LogP contribution >= 0.6 is 15.9 Å². The van der Waals surface area contributed by atoms with Crippen LogP contribution in [0.5, 0.6) is 0 Å². The van der Waals surface area contributed by atoms with Gasteiger partial charge < -0.3 is 10.2 Å². The Balaban J connectivity index is 1.89. The third kappa shape index (κ3) is 7.32. The zero-order chi connectivity index (χ0) is 26.5. The number of anilines is 1. The van der Waals surface area contributed by atoms with Crippen LogP contribution < -0.4 is 9.62 Å². The van der Waals surface area contributed by atoms with E-state index in [0.717, 1.165) is 57.4 Å². The van der Waals surface area contributed by atoms with Crippen molar-refractivity contribution in [2.45, 2.75) is 71.5 Å². The summed E-state index contributed by atoms with van der Waals surface area (Å²) in [6.07, 6.45) is 6.32. The maximum atomic E-state index is 13.7. The zero-order valence-electron chi connectivity index (χ0n) is 21.5. The number of nitrogens with one attached hydrogen (secondary N) is 1. The fourth-order valence-electron chi connectivity index (χ4n) is 4.54. The lowest BCUT2D eigenvalue weighted by Crippen LogP contribution is -2.53. The number of rotatable bonds is 9. The number of hydrogen-bond donors (Lipinski definition) is 1. The molecule has 1 aliphatic rings. The Hall–Kier alpha value is -2.39. The van der Waals surface area contributed by atoms with Gasteiger partial charge in [-0.05, 0) is 68.5 Å². The van der Waals surface area contributed by atoms with Crippen LogP contribution in [0, 0.1) is 13.8 Å². The highest BCUT2D eigenvalue weighted by molar-refractivity contribution is 9.10. The molecule has 2 amide bonds. The van der Waals surface area contributed by atoms with E-state index in [1.165, 1.54) is 11.3 Å². The molecule has 0 saturated heterocycles. The van der Waals surface area contributed by atoms with Gasteiger partial charge in [0.15, 0.2) is 0 Å². The van der Waals surface area contributed by atoms with Gasteiger partial charge in [0.05, 0.1) is 11.9 Å². The SMILES string of the molecule is Cc1cccc(N(CC(=O)N(Cc2ccc(Br)cc2)[C@H](C)C(=O)NC2CCCCC2)S(C)(=O)=O)c1C. The number of halogens is 1. The van der Waals surface area contributed by atoms with E-state index in [2.05, 4.69) is 21.2 Å². The molecule has 0 spiro atoms. The van der Waals surface area contributed by atoms with Crippen molar-refractivity contribution in [1.82, 2.24) is 10.2 Å². The third-order valence-electron chi connectivity index (χ3n) is 6.91. The molecule has 1 saturated carbocycles. The van der Waals surface area contributed by atoms with E-state index in [9.17, 15) is 18.0 Å². The van der Waals surface area contributed by atoms with Crippen molar-refractivity contribution < 1.29 is 18.0 Å². The van der Waals surface area contributed by atoms with E-state index in [1.54, 1.807) is 19.1 Å². The van der Waals surface area contributed by atoms with Crippen molar-refractivity contribution in [3.63, 3.8) is 0 Å². The van der Waals surface area contributed by atoms with Crippen LogP contribution in [-0.2, 0) is 26.2 Å². The normalized spacial score (nSPS) is 15.2. The molecule has 2 aromatic rings. The first-order valence-corrected chi connectivity index (χ1v) is 15.0. The number of sulfonamides is 1. The Bertz CT molecular complexity index is 1180. The van der Waals surface area contributed by atoms with Gasteiger partial charge in [0, 0.05) is 17.1 Å². The van der Waals surface area contributed by atoms with E-state index >= 15 is 0 Å². The molecule has 1 N–H and O–H groups in total. The van der Waals surface area contributed by atoms with Crippen molar-refractivity contribution in [3.05, 3.63) is 63.6 Å². The zero-order valence-corrected chi connectivity index (χ0v) is 23.9. The minimum atomic E-state index is -3.75. The molecule has 7 nitrogen and oxygen atoms in total. The number of benzene rings is 2. The summed E-state index contributed by atoms with van der Waals surface area (Å²) in [5.41, 5.74) is 3.04. The van der Waals surface area contributed by atoms with Crippen molar-refractivity contribution in [1.29, 1.82) is 0 Å².